The molecule has 146 valence electrons. The molecule has 0 aliphatic rings. The Morgan fingerprint density at radius 3 is 2.55 bits per heavy atom. The Bertz CT molecular complexity index is 1180. The van der Waals surface area contributed by atoms with Crippen molar-refractivity contribution in [1.29, 1.82) is 0 Å². The Balaban J connectivity index is 1.71. The summed E-state index contributed by atoms with van der Waals surface area (Å²) >= 11 is 6.21. The maximum atomic E-state index is 11.8. The zero-order chi connectivity index (χ0) is 20.4. The lowest BCUT2D eigenvalue weighted by Gasteiger charge is -2.07. The summed E-state index contributed by atoms with van der Waals surface area (Å²) in [7, 11) is 0. The molecule has 2 aromatic carbocycles. The van der Waals surface area contributed by atoms with Gasteiger partial charge in [0.15, 0.2) is 5.76 Å². The van der Waals surface area contributed by atoms with E-state index in [9.17, 15) is 9.90 Å². The normalized spacial score (nSPS) is 11.1. The average Bonchev–Trinajstić information content (AvgIpc) is 3.22. The van der Waals surface area contributed by atoms with E-state index in [0.29, 0.717) is 33.1 Å². The quantitative estimate of drug-likeness (QED) is 0.380. The number of rotatable bonds is 6. The molecule has 4 nitrogen and oxygen atoms in total. The van der Waals surface area contributed by atoms with Crippen LogP contribution in [0, 0.1) is 0 Å². The number of aromatic carboxylic acids is 1. The van der Waals surface area contributed by atoms with E-state index in [1.165, 1.54) is 24.5 Å². The average molecular weight is 406 g/mol. The molecule has 0 radical (unpaired) electrons. The first-order valence-electron chi connectivity index (χ1n) is 9.59. The van der Waals surface area contributed by atoms with Gasteiger partial charge >= 0.3 is 5.97 Å². The van der Waals surface area contributed by atoms with E-state index in [1.807, 2.05) is 24.3 Å². The number of carboxylic acids is 1. The first-order chi connectivity index (χ1) is 14.1. The van der Waals surface area contributed by atoms with Crippen molar-refractivity contribution in [3.8, 4) is 22.8 Å². The van der Waals surface area contributed by atoms with Gasteiger partial charge in [-0.15, -0.1) is 0 Å². The zero-order valence-electron chi connectivity index (χ0n) is 16.0. The molecule has 0 saturated heterocycles. The second-order valence-electron chi connectivity index (χ2n) is 6.96. The van der Waals surface area contributed by atoms with Crippen molar-refractivity contribution in [3.63, 3.8) is 0 Å². The predicted molar refractivity (Wildman–Crippen MR) is 115 cm³/mol. The van der Waals surface area contributed by atoms with Gasteiger partial charge in [0.05, 0.1) is 16.1 Å². The number of carbonyl (C=O) groups is 1. The van der Waals surface area contributed by atoms with Crippen LogP contribution in [-0.4, -0.2) is 16.1 Å². The summed E-state index contributed by atoms with van der Waals surface area (Å²) in [5.74, 6) is 0.174. The molecule has 2 heterocycles. The van der Waals surface area contributed by atoms with Crippen LogP contribution in [-0.2, 0) is 6.42 Å². The van der Waals surface area contributed by atoms with Gasteiger partial charge in [-0.25, -0.2) is 9.78 Å². The van der Waals surface area contributed by atoms with Gasteiger partial charge in [-0.05, 0) is 48.7 Å². The number of furan rings is 1. The van der Waals surface area contributed by atoms with Crippen molar-refractivity contribution >= 4 is 28.5 Å². The molecule has 2 aromatic heterocycles. The molecule has 0 unspecified atom stereocenters. The number of unbranched alkanes of at least 4 members (excludes halogenated alkanes) is 1. The van der Waals surface area contributed by atoms with Crippen molar-refractivity contribution in [2.24, 2.45) is 0 Å². The number of aryl methyl sites for hydroxylation is 1. The first-order valence-corrected chi connectivity index (χ1v) is 9.96. The summed E-state index contributed by atoms with van der Waals surface area (Å²) in [6, 6.07) is 18.7. The topological polar surface area (TPSA) is 63.3 Å². The molecule has 1 N–H and O–H groups in total. The lowest BCUT2D eigenvalue weighted by molar-refractivity contribution is 0.0699. The molecule has 0 aliphatic heterocycles. The lowest BCUT2D eigenvalue weighted by Crippen LogP contribution is -2.00. The summed E-state index contributed by atoms with van der Waals surface area (Å²) in [6.07, 6.45) is 3.42. The fourth-order valence-electron chi connectivity index (χ4n) is 3.39. The van der Waals surface area contributed by atoms with Crippen molar-refractivity contribution in [2.75, 3.05) is 0 Å². The molecule has 0 fully saturated rings. The van der Waals surface area contributed by atoms with Gasteiger partial charge < -0.3 is 9.52 Å². The molecule has 4 aromatic rings. The smallest absolute Gasteiger partial charge is 0.336 e. The van der Waals surface area contributed by atoms with Crippen LogP contribution in [0.5, 0.6) is 0 Å². The van der Waals surface area contributed by atoms with E-state index in [0.717, 1.165) is 12.0 Å². The summed E-state index contributed by atoms with van der Waals surface area (Å²) in [4.78, 5) is 16.3. The minimum atomic E-state index is -1.05. The Morgan fingerprint density at radius 1 is 1.07 bits per heavy atom. The van der Waals surface area contributed by atoms with Gasteiger partial charge in [0, 0.05) is 10.9 Å². The third-order valence-corrected chi connectivity index (χ3v) is 5.24. The number of pyridine rings is 1. The second kappa shape index (κ2) is 8.10. The Hall–Kier alpha value is -3.11. The van der Waals surface area contributed by atoms with Crippen LogP contribution in [0.1, 0.15) is 35.7 Å². The van der Waals surface area contributed by atoms with E-state index >= 15 is 0 Å². The van der Waals surface area contributed by atoms with E-state index < -0.39 is 5.97 Å². The highest BCUT2D eigenvalue weighted by Crippen LogP contribution is 2.32. The fourth-order valence-corrected chi connectivity index (χ4v) is 3.66. The summed E-state index contributed by atoms with van der Waals surface area (Å²) in [5, 5.41) is 10.4. The van der Waals surface area contributed by atoms with Gasteiger partial charge in [0.2, 0.25) is 0 Å². The third-order valence-electron chi connectivity index (χ3n) is 4.93. The SMILES string of the molecule is CCCCc1ccc(-c2ccc(-c3cc(C(=O)O)c4c(Cl)cccc4n3)o2)cc1. The van der Waals surface area contributed by atoms with Gasteiger partial charge in [-0.3, -0.25) is 0 Å². The van der Waals surface area contributed by atoms with Crippen LogP contribution in [0.3, 0.4) is 0 Å². The predicted octanol–water partition coefficient (Wildman–Crippen LogP) is 6.86. The minimum absolute atomic E-state index is 0.105. The molecular weight excluding hydrogens is 386 g/mol. The monoisotopic (exact) mass is 405 g/mol. The Kier molecular flexibility index (Phi) is 5.36. The van der Waals surface area contributed by atoms with E-state index in [2.05, 4.69) is 24.0 Å². The van der Waals surface area contributed by atoms with Crippen LogP contribution in [0.2, 0.25) is 5.02 Å². The molecule has 4 rings (SSSR count). The Labute approximate surface area is 173 Å². The standard InChI is InChI=1S/C24H20ClNO3/c1-2-3-5-15-8-10-16(11-9-15)21-12-13-22(29-21)20-14-17(24(27)28)23-18(25)6-4-7-19(23)26-20/h4,6-14H,2-3,5H2,1H3,(H,27,28). The van der Waals surface area contributed by atoms with Crippen LogP contribution in [0.25, 0.3) is 33.7 Å². The number of nitrogens with zero attached hydrogens (tertiary/aromatic N) is 1. The number of carboxylic acid groups (broad SMARTS) is 1. The molecule has 0 aliphatic carbocycles. The highest BCUT2D eigenvalue weighted by Gasteiger charge is 2.17. The molecule has 0 amide bonds. The summed E-state index contributed by atoms with van der Waals surface area (Å²) in [6.45, 7) is 2.18. The van der Waals surface area contributed by atoms with E-state index in [-0.39, 0.29) is 5.56 Å². The molecule has 0 atom stereocenters. The fraction of sp³-hybridized carbons (Fsp3) is 0.167. The van der Waals surface area contributed by atoms with E-state index in [4.69, 9.17) is 16.0 Å². The minimum Gasteiger partial charge on any atom is -0.478 e. The van der Waals surface area contributed by atoms with Gasteiger partial charge in [0.25, 0.3) is 0 Å². The number of hydrogen-bond acceptors (Lipinski definition) is 3. The zero-order valence-corrected chi connectivity index (χ0v) is 16.7. The maximum absolute atomic E-state index is 11.8. The molecule has 0 spiro atoms. The van der Waals surface area contributed by atoms with Crippen molar-refractivity contribution < 1.29 is 14.3 Å². The summed E-state index contributed by atoms with van der Waals surface area (Å²) in [5.41, 5.74) is 3.36. The van der Waals surface area contributed by atoms with E-state index in [1.54, 1.807) is 18.2 Å². The largest absolute Gasteiger partial charge is 0.478 e. The molecular formula is C24H20ClNO3. The van der Waals surface area contributed by atoms with Crippen molar-refractivity contribution in [3.05, 3.63) is 76.8 Å². The van der Waals surface area contributed by atoms with Crippen molar-refractivity contribution in [1.82, 2.24) is 4.98 Å². The molecule has 5 heteroatoms. The Morgan fingerprint density at radius 2 is 1.83 bits per heavy atom. The van der Waals surface area contributed by atoms with Gasteiger partial charge in [-0.1, -0.05) is 55.3 Å². The highest BCUT2D eigenvalue weighted by molar-refractivity contribution is 6.36. The van der Waals surface area contributed by atoms with Gasteiger partial charge in [0.1, 0.15) is 11.5 Å². The lowest BCUT2D eigenvalue weighted by atomic mass is 10.1. The molecule has 0 bridgehead atoms. The first kappa shape index (κ1) is 19.2. The van der Waals surface area contributed by atoms with Crippen LogP contribution < -0.4 is 0 Å². The number of benzene rings is 2. The third kappa shape index (κ3) is 3.89. The van der Waals surface area contributed by atoms with Gasteiger partial charge in [-0.2, -0.15) is 0 Å². The van der Waals surface area contributed by atoms with Crippen LogP contribution in [0.4, 0.5) is 0 Å². The second-order valence-corrected chi connectivity index (χ2v) is 7.37. The number of halogens is 1. The highest BCUT2D eigenvalue weighted by atomic mass is 35.5. The number of fused-ring (bicyclic) bond motifs is 1. The molecule has 0 saturated carbocycles. The van der Waals surface area contributed by atoms with Crippen LogP contribution in [0.15, 0.2) is 65.1 Å². The summed E-state index contributed by atoms with van der Waals surface area (Å²) < 4.78 is 6.00. The maximum Gasteiger partial charge on any atom is 0.336 e. The number of aromatic nitrogens is 1. The van der Waals surface area contributed by atoms with Crippen LogP contribution >= 0.6 is 11.6 Å². The number of hydrogen-bond donors (Lipinski definition) is 1. The molecule has 29 heavy (non-hydrogen) atoms. The van der Waals surface area contributed by atoms with Crippen molar-refractivity contribution in [2.45, 2.75) is 26.2 Å².